The summed E-state index contributed by atoms with van der Waals surface area (Å²) in [6.45, 7) is 7.54. The minimum Gasteiger partial charge on any atom is -0.506 e. The maximum atomic E-state index is 13.4. The molecule has 1 N–H and O–H groups in total. The van der Waals surface area contributed by atoms with Crippen molar-refractivity contribution in [2.45, 2.75) is 58.8 Å². The molecule has 0 saturated carbocycles. The number of carbonyl (C=O) groups excluding carboxylic acids is 3. The van der Waals surface area contributed by atoms with Gasteiger partial charge in [0.15, 0.2) is 11.6 Å². The highest BCUT2D eigenvalue weighted by molar-refractivity contribution is 6.30. The molecule has 1 heterocycles. The second-order valence-electron chi connectivity index (χ2n) is 9.19. The molecule has 0 fully saturated rings. The third-order valence-corrected chi connectivity index (χ3v) is 6.74. The molecule has 0 radical (unpaired) electrons. The number of pyridine rings is 1. The van der Waals surface area contributed by atoms with Crippen molar-refractivity contribution in [3.8, 4) is 5.75 Å². The molecule has 6 heteroatoms. The third kappa shape index (κ3) is 4.70. The van der Waals surface area contributed by atoms with Crippen LogP contribution in [0, 0.1) is 0 Å². The van der Waals surface area contributed by atoms with Crippen LogP contribution in [0.2, 0.25) is 0 Å². The summed E-state index contributed by atoms with van der Waals surface area (Å²) in [7, 11) is 0. The lowest BCUT2D eigenvalue weighted by Crippen LogP contribution is -2.33. The fraction of sp³-hybridized carbons (Fsp3) is 0.379. The molecule has 0 saturated heterocycles. The maximum absolute atomic E-state index is 13.4. The van der Waals surface area contributed by atoms with Gasteiger partial charge in [0.2, 0.25) is 0 Å². The highest BCUT2D eigenvalue weighted by Gasteiger charge is 2.42. The molecule has 3 aromatic rings. The van der Waals surface area contributed by atoms with Crippen molar-refractivity contribution < 1.29 is 19.5 Å². The van der Waals surface area contributed by atoms with Crippen LogP contribution < -0.4 is 0 Å². The van der Waals surface area contributed by atoms with Gasteiger partial charge in [-0.2, -0.15) is 0 Å². The number of aryl methyl sites for hydroxylation is 1. The smallest absolute Gasteiger partial charge is 0.253 e. The Balaban J connectivity index is 1.67. The van der Waals surface area contributed by atoms with E-state index in [9.17, 15) is 19.5 Å². The number of amides is 1. The molecule has 4 rings (SSSR count). The molecule has 1 atom stereocenters. The molecular weight excluding hydrogens is 440 g/mol. The van der Waals surface area contributed by atoms with Gasteiger partial charge in [0, 0.05) is 35.2 Å². The quantitative estimate of drug-likeness (QED) is 0.403. The number of hydrogen-bond acceptors (Lipinski definition) is 5. The number of unbranched alkanes of at least 4 members (excludes halogenated alkanes) is 2. The monoisotopic (exact) mass is 472 g/mol. The molecule has 1 amide bonds. The fourth-order valence-electron chi connectivity index (χ4n) is 4.63. The van der Waals surface area contributed by atoms with Gasteiger partial charge in [-0.05, 0) is 61.2 Å². The lowest BCUT2D eigenvalue weighted by atomic mass is 9.97. The average Bonchev–Trinajstić information content (AvgIpc) is 3.12. The van der Waals surface area contributed by atoms with Crippen LogP contribution in [0.1, 0.15) is 94.7 Å². The van der Waals surface area contributed by atoms with Crippen molar-refractivity contribution in [2.75, 3.05) is 13.1 Å². The van der Waals surface area contributed by atoms with E-state index in [1.807, 2.05) is 30.0 Å². The number of benzene rings is 2. The van der Waals surface area contributed by atoms with Gasteiger partial charge in [-0.3, -0.25) is 14.4 Å². The highest BCUT2D eigenvalue weighted by atomic mass is 16.3. The predicted molar refractivity (Wildman–Crippen MR) is 136 cm³/mol. The second kappa shape index (κ2) is 10.4. The standard InChI is InChI=1S/C29H32N2O4/c1-4-7-13-31(14-8-5-2)29(35)19-10-11-21-22(16-19)28(34)25(27(21)33)26-24(32)17-20-15-18(6-3)9-12-23(20)30-26/h9-12,15-17,25,32H,4-8,13-14H2,1-3H3. The molecule has 1 aliphatic carbocycles. The lowest BCUT2D eigenvalue weighted by molar-refractivity contribution is 0.0750. The Morgan fingerprint density at radius 1 is 0.914 bits per heavy atom. The summed E-state index contributed by atoms with van der Waals surface area (Å²) in [5, 5.41) is 11.5. The first-order valence-electron chi connectivity index (χ1n) is 12.5. The Labute approximate surface area is 206 Å². The first-order chi connectivity index (χ1) is 16.9. The minimum atomic E-state index is -1.21. The summed E-state index contributed by atoms with van der Waals surface area (Å²) < 4.78 is 0. The van der Waals surface area contributed by atoms with Crippen molar-refractivity contribution in [3.05, 3.63) is 70.4 Å². The van der Waals surface area contributed by atoms with Gasteiger partial charge in [-0.1, -0.05) is 39.7 Å². The molecule has 6 nitrogen and oxygen atoms in total. The van der Waals surface area contributed by atoms with E-state index in [0.29, 0.717) is 24.2 Å². The van der Waals surface area contributed by atoms with Crippen molar-refractivity contribution in [3.63, 3.8) is 0 Å². The fourth-order valence-corrected chi connectivity index (χ4v) is 4.63. The summed E-state index contributed by atoms with van der Waals surface area (Å²) in [5.74, 6) is -2.34. The van der Waals surface area contributed by atoms with Crippen LogP contribution in [0.15, 0.2) is 42.5 Å². The molecule has 2 aromatic carbocycles. The van der Waals surface area contributed by atoms with Gasteiger partial charge in [0.05, 0.1) is 5.52 Å². The molecule has 0 bridgehead atoms. The second-order valence-corrected chi connectivity index (χ2v) is 9.19. The number of aromatic hydroxyl groups is 1. The van der Waals surface area contributed by atoms with Gasteiger partial charge >= 0.3 is 0 Å². The zero-order valence-corrected chi connectivity index (χ0v) is 20.6. The van der Waals surface area contributed by atoms with Gasteiger partial charge in [-0.25, -0.2) is 4.98 Å². The Morgan fingerprint density at radius 3 is 2.26 bits per heavy atom. The lowest BCUT2D eigenvalue weighted by Gasteiger charge is -2.22. The molecule has 1 unspecified atom stereocenters. The maximum Gasteiger partial charge on any atom is 0.253 e. The number of fused-ring (bicyclic) bond motifs is 2. The van der Waals surface area contributed by atoms with Crippen LogP contribution in [-0.4, -0.2) is 45.6 Å². The van der Waals surface area contributed by atoms with Crippen LogP contribution in [0.3, 0.4) is 0 Å². The topological polar surface area (TPSA) is 87.6 Å². The molecule has 0 aliphatic heterocycles. The van der Waals surface area contributed by atoms with Crippen molar-refractivity contribution in [1.82, 2.24) is 9.88 Å². The number of Topliss-reactive ketones (excluding diaryl/α,β-unsaturated/α-hetero) is 2. The van der Waals surface area contributed by atoms with E-state index >= 15 is 0 Å². The normalized spacial score (nSPS) is 15.0. The van der Waals surface area contributed by atoms with Crippen molar-refractivity contribution >= 4 is 28.4 Å². The first kappa shape index (κ1) is 24.6. The Bertz CT molecular complexity index is 1290. The Morgan fingerprint density at radius 2 is 1.60 bits per heavy atom. The van der Waals surface area contributed by atoms with E-state index in [2.05, 4.69) is 18.8 Å². The zero-order chi connectivity index (χ0) is 25.1. The number of aromatic nitrogens is 1. The highest BCUT2D eigenvalue weighted by Crippen LogP contribution is 2.38. The predicted octanol–water partition coefficient (Wildman–Crippen LogP) is 5.71. The van der Waals surface area contributed by atoms with Gasteiger partial charge < -0.3 is 10.0 Å². The van der Waals surface area contributed by atoms with Gasteiger partial charge in [0.1, 0.15) is 17.4 Å². The third-order valence-electron chi connectivity index (χ3n) is 6.74. The summed E-state index contributed by atoms with van der Waals surface area (Å²) in [6, 6.07) is 12.0. The van der Waals surface area contributed by atoms with E-state index in [1.165, 1.54) is 6.07 Å². The minimum absolute atomic E-state index is 0.0633. The van der Waals surface area contributed by atoms with Gasteiger partial charge in [0.25, 0.3) is 5.91 Å². The van der Waals surface area contributed by atoms with Crippen LogP contribution in [-0.2, 0) is 6.42 Å². The van der Waals surface area contributed by atoms with Gasteiger partial charge in [-0.15, -0.1) is 0 Å². The van der Waals surface area contributed by atoms with E-state index in [-0.39, 0.29) is 28.5 Å². The summed E-state index contributed by atoms with van der Waals surface area (Å²) in [5.41, 5.74) is 2.68. The molecule has 35 heavy (non-hydrogen) atoms. The van der Waals surface area contributed by atoms with Crippen LogP contribution in [0.5, 0.6) is 5.75 Å². The number of carbonyl (C=O) groups is 3. The molecular formula is C29H32N2O4. The Kier molecular flexibility index (Phi) is 7.29. The number of rotatable bonds is 9. The van der Waals surface area contributed by atoms with E-state index in [0.717, 1.165) is 43.1 Å². The van der Waals surface area contributed by atoms with E-state index in [4.69, 9.17) is 0 Å². The SMILES string of the molecule is CCCCN(CCCC)C(=O)c1ccc2c(c1)C(=O)C(c1nc3ccc(CC)cc3cc1O)C2=O. The van der Waals surface area contributed by atoms with Crippen molar-refractivity contribution in [2.24, 2.45) is 0 Å². The number of ketones is 2. The zero-order valence-electron chi connectivity index (χ0n) is 20.6. The number of nitrogens with zero attached hydrogens (tertiary/aromatic N) is 2. The summed E-state index contributed by atoms with van der Waals surface area (Å²) >= 11 is 0. The van der Waals surface area contributed by atoms with Crippen LogP contribution in [0.4, 0.5) is 0 Å². The molecule has 182 valence electrons. The van der Waals surface area contributed by atoms with E-state index < -0.39 is 17.5 Å². The first-order valence-corrected chi connectivity index (χ1v) is 12.5. The number of hydrogen-bond donors (Lipinski definition) is 1. The summed E-state index contributed by atoms with van der Waals surface area (Å²) in [4.78, 5) is 46.2. The van der Waals surface area contributed by atoms with E-state index in [1.54, 1.807) is 18.2 Å². The largest absolute Gasteiger partial charge is 0.506 e. The molecule has 0 spiro atoms. The summed E-state index contributed by atoms with van der Waals surface area (Å²) in [6.07, 6.45) is 4.63. The average molecular weight is 473 g/mol. The van der Waals surface area contributed by atoms with Crippen LogP contribution in [0.25, 0.3) is 10.9 Å². The molecule has 1 aromatic heterocycles. The van der Waals surface area contributed by atoms with Crippen molar-refractivity contribution in [1.29, 1.82) is 0 Å². The molecule has 1 aliphatic rings. The van der Waals surface area contributed by atoms with Crippen LogP contribution >= 0.6 is 0 Å². The Hall–Kier alpha value is -3.54.